The number of carbonyl (C=O) groups is 1. The molecule has 3 heteroatoms. The van der Waals surface area contributed by atoms with Crippen LogP contribution in [0.4, 0.5) is 0 Å². The number of carbonyl (C=O) groups excluding carboxylic acids is 1. The summed E-state index contributed by atoms with van der Waals surface area (Å²) in [6, 6.07) is 0.445. The number of nitrogens with zero attached hydrogens (tertiary/aromatic N) is 1. The molecule has 0 bridgehead atoms. The molecule has 0 N–H and O–H groups in total. The van der Waals surface area contributed by atoms with Gasteiger partial charge in [0, 0.05) is 6.04 Å². The van der Waals surface area contributed by atoms with Crippen LogP contribution in [0, 0.1) is 0 Å². The minimum atomic E-state index is -0.302. The van der Waals surface area contributed by atoms with Crippen molar-refractivity contribution in [3.63, 3.8) is 0 Å². The fourth-order valence-electron chi connectivity index (χ4n) is 2.59. The molecule has 0 aliphatic carbocycles. The van der Waals surface area contributed by atoms with Gasteiger partial charge in [-0.25, -0.2) is 0 Å². The Morgan fingerprint density at radius 2 is 1.72 bits per heavy atom. The second kappa shape index (κ2) is 9.51. The summed E-state index contributed by atoms with van der Waals surface area (Å²) >= 11 is 0. The molecule has 1 fully saturated rings. The van der Waals surface area contributed by atoms with E-state index >= 15 is 0 Å². The van der Waals surface area contributed by atoms with E-state index in [0.717, 1.165) is 19.3 Å². The van der Waals surface area contributed by atoms with Crippen LogP contribution in [0.3, 0.4) is 0 Å². The molecule has 0 saturated carbocycles. The van der Waals surface area contributed by atoms with E-state index in [4.69, 9.17) is 4.74 Å². The van der Waals surface area contributed by atoms with Gasteiger partial charge in [0.05, 0.1) is 6.61 Å². The summed E-state index contributed by atoms with van der Waals surface area (Å²) < 4.78 is 5.41. The van der Waals surface area contributed by atoms with Gasteiger partial charge in [-0.3, -0.25) is 9.69 Å². The second-order valence-corrected chi connectivity index (χ2v) is 5.44. The summed E-state index contributed by atoms with van der Waals surface area (Å²) in [5, 5.41) is 0. The highest BCUT2D eigenvalue weighted by Crippen LogP contribution is 2.19. The quantitative estimate of drug-likeness (QED) is 0.443. The van der Waals surface area contributed by atoms with Gasteiger partial charge in [-0.1, -0.05) is 58.3 Å². The van der Waals surface area contributed by atoms with Crippen molar-refractivity contribution >= 4 is 6.29 Å². The lowest BCUT2D eigenvalue weighted by Gasteiger charge is -2.19. The lowest BCUT2D eigenvalue weighted by Crippen LogP contribution is -2.34. The zero-order valence-corrected chi connectivity index (χ0v) is 12.1. The van der Waals surface area contributed by atoms with Crippen LogP contribution >= 0.6 is 0 Å². The Balaban J connectivity index is 1.93. The number of hydrogen-bond donors (Lipinski definition) is 0. The normalized spacial score (nSPS) is 24.6. The number of unbranched alkanes of at least 4 members (excludes halogenated alkanes) is 7. The van der Waals surface area contributed by atoms with Crippen molar-refractivity contribution in [3.05, 3.63) is 0 Å². The average Bonchev–Trinajstić information content (AvgIpc) is 2.73. The maximum absolute atomic E-state index is 10.7. The Hall–Kier alpha value is -0.410. The van der Waals surface area contributed by atoms with Crippen LogP contribution in [0.25, 0.3) is 0 Å². The van der Waals surface area contributed by atoms with Gasteiger partial charge in [-0.15, -0.1) is 0 Å². The van der Waals surface area contributed by atoms with Gasteiger partial charge >= 0.3 is 0 Å². The molecule has 2 atom stereocenters. The maximum atomic E-state index is 10.7. The van der Waals surface area contributed by atoms with Crippen molar-refractivity contribution in [2.45, 2.75) is 77.0 Å². The van der Waals surface area contributed by atoms with E-state index < -0.39 is 0 Å². The molecule has 0 amide bonds. The van der Waals surface area contributed by atoms with E-state index in [9.17, 15) is 4.79 Å². The molecular weight excluding hydrogens is 226 g/mol. The van der Waals surface area contributed by atoms with E-state index in [1.165, 1.54) is 51.4 Å². The smallest absolute Gasteiger partial charge is 0.167 e. The van der Waals surface area contributed by atoms with Crippen LogP contribution in [-0.2, 0) is 9.53 Å². The molecule has 1 rings (SSSR count). The highest BCUT2D eigenvalue weighted by Gasteiger charge is 2.30. The zero-order valence-electron chi connectivity index (χ0n) is 12.1. The van der Waals surface area contributed by atoms with E-state index in [0.29, 0.717) is 6.04 Å². The lowest BCUT2D eigenvalue weighted by atomic mass is 10.0. The molecule has 0 spiro atoms. The molecule has 3 nitrogen and oxygen atoms in total. The molecule has 0 aromatic heterocycles. The number of hydrogen-bond acceptors (Lipinski definition) is 3. The van der Waals surface area contributed by atoms with Gasteiger partial charge in [0.25, 0.3) is 0 Å². The molecule has 106 valence electrons. The number of aldehydes is 1. The van der Waals surface area contributed by atoms with Crippen LogP contribution in [0.15, 0.2) is 0 Å². The Morgan fingerprint density at radius 3 is 2.28 bits per heavy atom. The third-order valence-corrected chi connectivity index (χ3v) is 3.94. The molecule has 0 radical (unpaired) electrons. The van der Waals surface area contributed by atoms with Crippen molar-refractivity contribution < 1.29 is 9.53 Å². The van der Waals surface area contributed by atoms with Crippen LogP contribution in [-0.4, -0.2) is 37.1 Å². The number of ether oxygens (including phenoxy) is 1. The van der Waals surface area contributed by atoms with Crippen LogP contribution in [0.5, 0.6) is 0 Å². The Bertz CT molecular complexity index is 221. The van der Waals surface area contributed by atoms with Crippen LogP contribution in [0.1, 0.15) is 64.7 Å². The Labute approximate surface area is 112 Å². The van der Waals surface area contributed by atoms with Crippen molar-refractivity contribution in [1.29, 1.82) is 0 Å². The first-order valence-corrected chi connectivity index (χ1v) is 7.58. The fourth-order valence-corrected chi connectivity index (χ4v) is 2.59. The molecular formula is C15H29NO2. The number of rotatable bonds is 10. The third kappa shape index (κ3) is 5.49. The minimum absolute atomic E-state index is 0.302. The van der Waals surface area contributed by atoms with Gasteiger partial charge in [-0.2, -0.15) is 0 Å². The Kier molecular flexibility index (Phi) is 8.27. The largest absolute Gasteiger partial charge is 0.354 e. The minimum Gasteiger partial charge on any atom is -0.354 e. The predicted molar refractivity (Wildman–Crippen MR) is 74.6 cm³/mol. The molecule has 1 aliphatic heterocycles. The van der Waals surface area contributed by atoms with E-state index in [1.54, 1.807) is 0 Å². The van der Waals surface area contributed by atoms with Gasteiger partial charge in [-0.05, 0) is 13.5 Å². The summed E-state index contributed by atoms with van der Waals surface area (Å²) in [6.07, 6.45) is 12.6. The van der Waals surface area contributed by atoms with E-state index in [-0.39, 0.29) is 6.23 Å². The summed E-state index contributed by atoms with van der Waals surface area (Å²) in [5.74, 6) is 0. The lowest BCUT2D eigenvalue weighted by molar-refractivity contribution is -0.120. The van der Waals surface area contributed by atoms with Crippen LogP contribution in [0.2, 0.25) is 0 Å². The van der Waals surface area contributed by atoms with Crippen LogP contribution < -0.4 is 0 Å². The standard InChI is InChI=1S/C15H29NO2/c1-3-4-5-6-7-8-9-10-11-14-13-18-15(12-17)16(14)2/h12,14-15H,3-11,13H2,1-2H3. The monoisotopic (exact) mass is 255 g/mol. The first kappa shape index (κ1) is 15.6. The average molecular weight is 255 g/mol. The summed E-state index contributed by atoms with van der Waals surface area (Å²) in [5.41, 5.74) is 0. The molecule has 0 aromatic rings. The van der Waals surface area contributed by atoms with Crippen molar-refractivity contribution in [2.75, 3.05) is 13.7 Å². The summed E-state index contributed by atoms with van der Waals surface area (Å²) in [7, 11) is 1.99. The fraction of sp³-hybridized carbons (Fsp3) is 0.933. The zero-order chi connectivity index (χ0) is 13.2. The summed E-state index contributed by atoms with van der Waals surface area (Å²) in [4.78, 5) is 12.8. The third-order valence-electron chi connectivity index (χ3n) is 3.94. The number of likely N-dealkylation sites (N-methyl/N-ethyl adjacent to an activating group) is 1. The molecule has 1 saturated heterocycles. The van der Waals surface area contributed by atoms with E-state index in [1.807, 2.05) is 7.05 Å². The molecule has 2 unspecified atom stereocenters. The van der Waals surface area contributed by atoms with Gasteiger partial charge in [0.15, 0.2) is 12.5 Å². The second-order valence-electron chi connectivity index (χ2n) is 5.44. The maximum Gasteiger partial charge on any atom is 0.167 e. The van der Waals surface area contributed by atoms with Gasteiger partial charge < -0.3 is 4.74 Å². The van der Waals surface area contributed by atoms with Crippen molar-refractivity contribution in [2.24, 2.45) is 0 Å². The van der Waals surface area contributed by atoms with E-state index in [2.05, 4.69) is 11.8 Å². The Morgan fingerprint density at radius 1 is 1.11 bits per heavy atom. The summed E-state index contributed by atoms with van der Waals surface area (Å²) in [6.45, 7) is 2.98. The SMILES string of the molecule is CCCCCCCCCCC1COC(C=O)N1C. The predicted octanol–water partition coefficient (Wildman–Crippen LogP) is 3.37. The molecule has 1 aliphatic rings. The first-order valence-electron chi connectivity index (χ1n) is 7.58. The van der Waals surface area contributed by atoms with Crippen molar-refractivity contribution in [3.8, 4) is 0 Å². The highest BCUT2D eigenvalue weighted by atomic mass is 16.5. The van der Waals surface area contributed by atoms with Crippen molar-refractivity contribution in [1.82, 2.24) is 4.90 Å². The topological polar surface area (TPSA) is 29.5 Å². The molecule has 0 aromatic carbocycles. The first-order chi connectivity index (χ1) is 8.79. The highest BCUT2D eigenvalue weighted by molar-refractivity contribution is 5.55. The molecule has 1 heterocycles. The van der Waals surface area contributed by atoms with Gasteiger partial charge in [0.2, 0.25) is 0 Å². The van der Waals surface area contributed by atoms with Gasteiger partial charge in [0.1, 0.15) is 0 Å². The molecule has 18 heavy (non-hydrogen) atoms.